The predicted octanol–water partition coefficient (Wildman–Crippen LogP) is 6.14. The van der Waals surface area contributed by atoms with E-state index in [-0.39, 0.29) is 17.3 Å². The monoisotopic (exact) mass is 538 g/mol. The van der Waals surface area contributed by atoms with Gasteiger partial charge < -0.3 is 4.90 Å². The molecule has 0 heterocycles. The molecular formula is C25H25Cl3N2O3S. The number of hydrogen-bond acceptors (Lipinski definition) is 3. The van der Waals surface area contributed by atoms with Gasteiger partial charge in [0.05, 0.1) is 10.6 Å². The van der Waals surface area contributed by atoms with Crippen molar-refractivity contribution >= 4 is 56.4 Å². The minimum Gasteiger partial charge on any atom is -0.347 e. The van der Waals surface area contributed by atoms with E-state index in [1.807, 2.05) is 18.2 Å². The average Bonchev–Trinajstić information content (AvgIpc) is 2.76. The van der Waals surface area contributed by atoms with Gasteiger partial charge in [-0.2, -0.15) is 0 Å². The van der Waals surface area contributed by atoms with Gasteiger partial charge in [0.25, 0.3) is 10.0 Å². The van der Waals surface area contributed by atoms with Crippen LogP contribution in [0.5, 0.6) is 0 Å². The molecule has 0 N–H and O–H groups in total. The summed E-state index contributed by atoms with van der Waals surface area (Å²) in [6.45, 7) is 3.03. The molecule has 0 saturated heterocycles. The second kappa shape index (κ2) is 10.6. The van der Waals surface area contributed by atoms with Crippen molar-refractivity contribution in [2.75, 3.05) is 24.9 Å². The molecule has 0 atom stereocenters. The van der Waals surface area contributed by atoms with Crippen LogP contribution in [0.3, 0.4) is 0 Å². The van der Waals surface area contributed by atoms with Gasteiger partial charge in [-0.3, -0.25) is 9.10 Å². The molecule has 0 bridgehead atoms. The molecule has 0 saturated carbocycles. The van der Waals surface area contributed by atoms with E-state index in [0.29, 0.717) is 43.9 Å². The quantitative estimate of drug-likeness (QED) is 0.362. The molecule has 3 aromatic carbocycles. The molecular weight excluding hydrogens is 515 g/mol. The lowest BCUT2D eigenvalue weighted by Gasteiger charge is -2.28. The summed E-state index contributed by atoms with van der Waals surface area (Å²) in [4.78, 5) is 14.2. The maximum Gasteiger partial charge on any atom is 0.265 e. The molecule has 34 heavy (non-hydrogen) atoms. The Morgan fingerprint density at radius 2 is 1.53 bits per heavy atom. The van der Waals surface area contributed by atoms with E-state index < -0.39 is 10.0 Å². The van der Waals surface area contributed by atoms with Gasteiger partial charge in [-0.25, -0.2) is 8.42 Å². The first-order chi connectivity index (χ1) is 15.9. The highest BCUT2D eigenvalue weighted by Crippen LogP contribution is 2.34. The third kappa shape index (κ3) is 5.69. The van der Waals surface area contributed by atoms with Crippen LogP contribution in [0.15, 0.2) is 59.5 Å². The largest absolute Gasteiger partial charge is 0.347 e. The van der Waals surface area contributed by atoms with Gasteiger partial charge in [0.15, 0.2) is 0 Å². The van der Waals surface area contributed by atoms with Crippen molar-refractivity contribution in [2.24, 2.45) is 0 Å². The van der Waals surface area contributed by atoms with Gasteiger partial charge >= 0.3 is 0 Å². The molecule has 3 rings (SSSR count). The first-order valence-corrected chi connectivity index (χ1v) is 13.0. The first kappa shape index (κ1) is 26.4. The highest BCUT2D eigenvalue weighted by atomic mass is 35.5. The number of nitrogens with zero attached hydrogens (tertiary/aromatic N) is 2. The number of hydrogen-bond donors (Lipinski definition) is 0. The van der Waals surface area contributed by atoms with Gasteiger partial charge in [-0.1, -0.05) is 53.0 Å². The molecule has 3 aromatic rings. The van der Waals surface area contributed by atoms with Crippen LogP contribution in [-0.2, 0) is 21.2 Å². The Labute approximate surface area is 215 Å². The van der Waals surface area contributed by atoms with E-state index in [9.17, 15) is 13.2 Å². The van der Waals surface area contributed by atoms with Crippen molar-refractivity contribution in [1.29, 1.82) is 0 Å². The van der Waals surface area contributed by atoms with E-state index in [2.05, 4.69) is 0 Å². The topological polar surface area (TPSA) is 57.7 Å². The fraction of sp³-hybridized carbons (Fsp3) is 0.240. The summed E-state index contributed by atoms with van der Waals surface area (Å²) in [5.41, 5.74) is 2.89. The van der Waals surface area contributed by atoms with Crippen LogP contribution >= 0.6 is 34.8 Å². The molecule has 0 aliphatic carbocycles. The number of amides is 1. The second-order valence-corrected chi connectivity index (χ2v) is 11.3. The Bertz CT molecular complexity index is 1340. The summed E-state index contributed by atoms with van der Waals surface area (Å²) in [6.07, 6.45) is 0.330. The van der Waals surface area contributed by atoms with Crippen LogP contribution in [-0.4, -0.2) is 39.9 Å². The lowest BCUT2D eigenvalue weighted by Crippen LogP contribution is -2.41. The predicted molar refractivity (Wildman–Crippen MR) is 140 cm³/mol. The summed E-state index contributed by atoms with van der Waals surface area (Å²) in [5, 5.41) is 1.47. The van der Waals surface area contributed by atoms with Crippen LogP contribution in [0, 0.1) is 13.8 Å². The molecule has 5 nitrogen and oxygen atoms in total. The smallest absolute Gasteiger partial charge is 0.265 e. The first-order valence-electron chi connectivity index (χ1n) is 10.4. The number of carbonyl (C=O) groups is 1. The minimum atomic E-state index is -4.14. The minimum absolute atomic E-state index is 0.0830. The summed E-state index contributed by atoms with van der Waals surface area (Å²) in [5.74, 6) is -0.370. The molecule has 0 aliphatic rings. The third-order valence-electron chi connectivity index (χ3n) is 5.45. The van der Waals surface area contributed by atoms with Crippen molar-refractivity contribution in [1.82, 2.24) is 4.90 Å². The fourth-order valence-corrected chi connectivity index (χ4v) is 5.86. The molecule has 0 aromatic heterocycles. The molecule has 1 amide bonds. The number of carbonyl (C=O) groups excluding carboxylic acids is 1. The van der Waals surface area contributed by atoms with Crippen LogP contribution in [0.4, 0.5) is 5.69 Å². The van der Waals surface area contributed by atoms with E-state index in [1.54, 1.807) is 58.3 Å². The molecule has 0 spiro atoms. The van der Waals surface area contributed by atoms with Gasteiger partial charge in [0, 0.05) is 35.6 Å². The molecule has 0 aliphatic heterocycles. The Morgan fingerprint density at radius 1 is 0.853 bits per heavy atom. The summed E-state index contributed by atoms with van der Waals surface area (Å²) < 4.78 is 29.1. The molecule has 180 valence electrons. The molecule has 0 unspecified atom stereocenters. The van der Waals surface area contributed by atoms with Crippen molar-refractivity contribution in [3.8, 4) is 0 Å². The van der Waals surface area contributed by atoms with Crippen LogP contribution in [0.25, 0.3) is 0 Å². The molecule has 0 fully saturated rings. The van der Waals surface area contributed by atoms with E-state index in [0.717, 1.165) is 9.87 Å². The van der Waals surface area contributed by atoms with Crippen molar-refractivity contribution in [3.05, 3.63) is 91.9 Å². The Morgan fingerprint density at radius 3 is 2.18 bits per heavy atom. The standard InChI is InChI=1S/C25H25Cl3N2O3S/c1-16-12-24(17(2)11-22(16)28)34(32,33)30(15-25(31)29(3)4)23-10-9-20(26)14-19(23)13-18-7-5-6-8-21(18)27/h5-12,14H,13,15H2,1-4H3. The summed E-state index contributed by atoms with van der Waals surface area (Å²) in [7, 11) is -0.978. The Kier molecular flexibility index (Phi) is 8.19. The maximum absolute atomic E-state index is 14.0. The lowest BCUT2D eigenvalue weighted by molar-refractivity contribution is -0.127. The second-order valence-electron chi connectivity index (χ2n) is 8.21. The summed E-state index contributed by atoms with van der Waals surface area (Å²) in [6, 6.07) is 15.4. The zero-order valence-electron chi connectivity index (χ0n) is 19.3. The van der Waals surface area contributed by atoms with Crippen LogP contribution in [0.2, 0.25) is 15.1 Å². The van der Waals surface area contributed by atoms with E-state index in [1.165, 1.54) is 11.0 Å². The lowest BCUT2D eigenvalue weighted by atomic mass is 10.0. The number of halogens is 3. The zero-order chi connectivity index (χ0) is 25.2. The zero-order valence-corrected chi connectivity index (χ0v) is 22.4. The van der Waals surface area contributed by atoms with E-state index in [4.69, 9.17) is 34.8 Å². The highest BCUT2D eigenvalue weighted by molar-refractivity contribution is 7.93. The number of benzene rings is 3. The number of sulfonamides is 1. The van der Waals surface area contributed by atoms with Crippen LogP contribution in [0.1, 0.15) is 22.3 Å². The Hall–Kier alpha value is -2.25. The summed E-state index contributed by atoms with van der Waals surface area (Å²) >= 11 is 18.9. The van der Waals surface area contributed by atoms with Crippen molar-refractivity contribution < 1.29 is 13.2 Å². The van der Waals surface area contributed by atoms with Crippen molar-refractivity contribution in [2.45, 2.75) is 25.2 Å². The van der Waals surface area contributed by atoms with Crippen molar-refractivity contribution in [3.63, 3.8) is 0 Å². The number of anilines is 1. The number of aryl methyl sites for hydroxylation is 2. The van der Waals surface area contributed by atoms with Crippen LogP contribution < -0.4 is 4.31 Å². The average molecular weight is 540 g/mol. The number of likely N-dealkylation sites (N-methyl/N-ethyl adjacent to an activating group) is 1. The number of rotatable bonds is 7. The third-order valence-corrected chi connectivity index (χ3v) is 8.36. The highest BCUT2D eigenvalue weighted by Gasteiger charge is 2.31. The van der Waals surface area contributed by atoms with Gasteiger partial charge in [-0.15, -0.1) is 0 Å². The van der Waals surface area contributed by atoms with Gasteiger partial charge in [0.1, 0.15) is 6.54 Å². The Balaban J connectivity index is 2.22. The normalized spacial score (nSPS) is 11.4. The van der Waals surface area contributed by atoms with Gasteiger partial charge in [-0.05, 0) is 72.5 Å². The molecule has 9 heteroatoms. The molecule has 0 radical (unpaired) electrons. The van der Waals surface area contributed by atoms with E-state index >= 15 is 0 Å². The SMILES string of the molecule is Cc1cc(S(=O)(=O)N(CC(=O)N(C)C)c2ccc(Cl)cc2Cc2ccccc2Cl)c(C)cc1Cl. The fourth-order valence-electron chi connectivity index (χ4n) is 3.50. The van der Waals surface area contributed by atoms with Gasteiger partial charge in [0.2, 0.25) is 5.91 Å². The maximum atomic E-state index is 14.0.